The van der Waals surface area contributed by atoms with E-state index in [1.165, 1.54) is 0 Å². The zero-order valence-corrected chi connectivity index (χ0v) is 4.78. The minimum atomic E-state index is -0.285. The lowest BCUT2D eigenvalue weighted by Gasteiger charge is -2.09. The van der Waals surface area contributed by atoms with E-state index >= 15 is 0 Å². The second-order valence-corrected chi connectivity index (χ2v) is 1.96. The number of alkyl halides is 1. The summed E-state index contributed by atoms with van der Waals surface area (Å²) in [5.74, 6) is 0. The molecule has 0 amide bonds. The molecule has 46 valence electrons. The summed E-state index contributed by atoms with van der Waals surface area (Å²) in [5, 5.41) is 3.08. The summed E-state index contributed by atoms with van der Waals surface area (Å²) in [6.07, 6.45) is 2.95. The Labute approximate surface area is 48.6 Å². The van der Waals surface area contributed by atoms with Crippen LogP contribution in [0.4, 0.5) is 4.39 Å². The van der Waals surface area contributed by atoms with Crippen LogP contribution in [0.3, 0.4) is 0 Å². The quantitative estimate of drug-likeness (QED) is 0.500. The number of nitrogens with one attached hydrogen (secondary N) is 1. The van der Waals surface area contributed by atoms with E-state index < -0.39 is 0 Å². The van der Waals surface area contributed by atoms with Crippen molar-refractivity contribution in [2.45, 2.75) is 6.42 Å². The van der Waals surface area contributed by atoms with E-state index in [9.17, 15) is 4.39 Å². The van der Waals surface area contributed by atoms with Crippen LogP contribution in [0.15, 0.2) is 11.6 Å². The van der Waals surface area contributed by atoms with Crippen molar-refractivity contribution in [3.05, 3.63) is 11.6 Å². The van der Waals surface area contributed by atoms with Gasteiger partial charge >= 0.3 is 0 Å². The summed E-state index contributed by atoms with van der Waals surface area (Å²) in [6.45, 7) is 1.47. The summed E-state index contributed by atoms with van der Waals surface area (Å²) in [5.41, 5.74) is 0.899. The van der Waals surface area contributed by atoms with Crippen LogP contribution in [0, 0.1) is 0 Å². The van der Waals surface area contributed by atoms with E-state index in [2.05, 4.69) is 5.32 Å². The monoisotopic (exact) mass is 115 g/mol. The summed E-state index contributed by atoms with van der Waals surface area (Å²) in [7, 11) is 0. The van der Waals surface area contributed by atoms with Gasteiger partial charge in [0, 0.05) is 6.54 Å². The number of hydrogen-bond acceptors (Lipinski definition) is 1. The molecule has 0 bridgehead atoms. The van der Waals surface area contributed by atoms with Gasteiger partial charge in [0.25, 0.3) is 0 Å². The molecule has 1 N–H and O–H groups in total. The first-order valence-electron chi connectivity index (χ1n) is 2.88. The predicted octanol–water partition coefficient (Wildman–Crippen LogP) is 0.876. The van der Waals surface area contributed by atoms with Crippen LogP contribution < -0.4 is 5.32 Å². The van der Waals surface area contributed by atoms with E-state index in [0.29, 0.717) is 0 Å². The largest absolute Gasteiger partial charge is 0.313 e. The molecule has 1 aliphatic heterocycles. The second-order valence-electron chi connectivity index (χ2n) is 1.96. The zero-order chi connectivity index (χ0) is 5.82. The van der Waals surface area contributed by atoms with E-state index in [1.54, 1.807) is 0 Å². The molecule has 0 aromatic heterocycles. The third kappa shape index (κ3) is 1.30. The molecular formula is C6H10FN. The lowest BCUT2D eigenvalue weighted by Crippen LogP contribution is -2.22. The van der Waals surface area contributed by atoms with Crippen LogP contribution in [0.5, 0.6) is 0 Å². The summed E-state index contributed by atoms with van der Waals surface area (Å²) in [6, 6.07) is 0. The fourth-order valence-corrected chi connectivity index (χ4v) is 0.801. The van der Waals surface area contributed by atoms with E-state index in [4.69, 9.17) is 0 Å². The van der Waals surface area contributed by atoms with Crippen molar-refractivity contribution in [2.24, 2.45) is 0 Å². The highest BCUT2D eigenvalue weighted by Crippen LogP contribution is 1.99. The Morgan fingerprint density at radius 3 is 3.00 bits per heavy atom. The van der Waals surface area contributed by atoms with Crippen LogP contribution in [0.25, 0.3) is 0 Å². The molecule has 0 saturated carbocycles. The number of rotatable bonds is 1. The van der Waals surface area contributed by atoms with Crippen molar-refractivity contribution in [1.82, 2.24) is 5.32 Å². The summed E-state index contributed by atoms with van der Waals surface area (Å²) >= 11 is 0. The molecule has 1 rings (SSSR count). The Kier molecular flexibility index (Phi) is 2.03. The number of halogens is 1. The maximum absolute atomic E-state index is 11.8. The molecule has 0 unspecified atom stereocenters. The van der Waals surface area contributed by atoms with Crippen molar-refractivity contribution >= 4 is 0 Å². The highest BCUT2D eigenvalue weighted by molar-refractivity contribution is 5.07. The molecule has 1 heterocycles. The average molecular weight is 115 g/mol. The van der Waals surface area contributed by atoms with Gasteiger partial charge in [-0.2, -0.15) is 0 Å². The Balaban J connectivity index is 2.37. The highest BCUT2D eigenvalue weighted by atomic mass is 19.1. The van der Waals surface area contributed by atoms with Crippen molar-refractivity contribution in [1.29, 1.82) is 0 Å². The lowest BCUT2D eigenvalue weighted by atomic mass is 10.2. The van der Waals surface area contributed by atoms with Crippen LogP contribution >= 0.6 is 0 Å². The molecule has 0 radical (unpaired) electrons. The zero-order valence-electron chi connectivity index (χ0n) is 4.78. The normalized spacial score (nSPS) is 20.4. The molecule has 0 fully saturated rings. The van der Waals surface area contributed by atoms with Crippen molar-refractivity contribution < 1.29 is 4.39 Å². The van der Waals surface area contributed by atoms with Gasteiger partial charge in [-0.15, -0.1) is 0 Å². The summed E-state index contributed by atoms with van der Waals surface area (Å²) in [4.78, 5) is 0. The molecule has 2 heteroatoms. The molecule has 1 nitrogen and oxygen atoms in total. The average Bonchev–Trinajstić information content (AvgIpc) is 1.90. The molecule has 0 aliphatic carbocycles. The third-order valence-corrected chi connectivity index (χ3v) is 1.28. The Hall–Kier alpha value is -0.370. The topological polar surface area (TPSA) is 12.0 Å². The summed E-state index contributed by atoms with van der Waals surface area (Å²) < 4.78 is 11.8. The molecule has 1 aliphatic rings. The Morgan fingerprint density at radius 2 is 2.62 bits per heavy atom. The molecule has 0 saturated heterocycles. The molecule has 0 atom stereocenters. The van der Waals surface area contributed by atoms with Gasteiger partial charge in [0.2, 0.25) is 0 Å². The van der Waals surface area contributed by atoms with Gasteiger partial charge in [0.1, 0.15) is 6.67 Å². The highest BCUT2D eigenvalue weighted by Gasteiger charge is 1.99. The minimum absolute atomic E-state index is 0.285. The van der Waals surface area contributed by atoms with Crippen LogP contribution in [-0.4, -0.2) is 19.8 Å². The van der Waals surface area contributed by atoms with Gasteiger partial charge in [-0.25, -0.2) is 4.39 Å². The predicted molar refractivity (Wildman–Crippen MR) is 31.5 cm³/mol. The van der Waals surface area contributed by atoms with E-state index in [-0.39, 0.29) is 6.67 Å². The first kappa shape index (κ1) is 5.76. The Morgan fingerprint density at radius 1 is 1.75 bits per heavy atom. The number of hydrogen-bond donors (Lipinski definition) is 1. The second kappa shape index (κ2) is 2.82. The van der Waals surface area contributed by atoms with E-state index in [0.717, 1.165) is 25.1 Å². The van der Waals surface area contributed by atoms with Crippen LogP contribution in [0.2, 0.25) is 0 Å². The van der Waals surface area contributed by atoms with Gasteiger partial charge < -0.3 is 5.32 Å². The van der Waals surface area contributed by atoms with Crippen molar-refractivity contribution in [3.8, 4) is 0 Å². The van der Waals surface area contributed by atoms with E-state index in [1.807, 2.05) is 6.08 Å². The van der Waals surface area contributed by atoms with Gasteiger partial charge in [-0.1, -0.05) is 6.08 Å². The molecule has 0 aromatic rings. The smallest absolute Gasteiger partial charge is 0.112 e. The van der Waals surface area contributed by atoms with Crippen molar-refractivity contribution in [2.75, 3.05) is 19.8 Å². The lowest BCUT2D eigenvalue weighted by molar-refractivity contribution is 0.519. The first-order valence-corrected chi connectivity index (χ1v) is 2.88. The molecule has 0 spiro atoms. The minimum Gasteiger partial charge on any atom is -0.313 e. The SMILES string of the molecule is FCC1=CCCNC1. The maximum Gasteiger partial charge on any atom is 0.112 e. The van der Waals surface area contributed by atoms with Crippen LogP contribution in [-0.2, 0) is 0 Å². The maximum atomic E-state index is 11.8. The van der Waals surface area contributed by atoms with Gasteiger partial charge in [-0.3, -0.25) is 0 Å². The fourth-order valence-electron chi connectivity index (χ4n) is 0.801. The van der Waals surface area contributed by atoms with Gasteiger partial charge in [0.05, 0.1) is 0 Å². The van der Waals surface area contributed by atoms with Gasteiger partial charge in [-0.05, 0) is 18.5 Å². The third-order valence-electron chi connectivity index (χ3n) is 1.28. The molecular weight excluding hydrogens is 105 g/mol. The standard InChI is InChI=1S/C6H10FN/c7-4-6-2-1-3-8-5-6/h2,8H,1,3-5H2. The molecule has 0 aromatic carbocycles. The first-order chi connectivity index (χ1) is 3.93. The van der Waals surface area contributed by atoms with Gasteiger partial charge in [0.15, 0.2) is 0 Å². The fraction of sp³-hybridized carbons (Fsp3) is 0.667. The van der Waals surface area contributed by atoms with Crippen molar-refractivity contribution in [3.63, 3.8) is 0 Å². The Bertz CT molecular complexity index is 98.7. The van der Waals surface area contributed by atoms with Crippen LogP contribution in [0.1, 0.15) is 6.42 Å². The molecule has 8 heavy (non-hydrogen) atoms.